The number of aliphatic carboxylic acids is 1. The van der Waals surface area contributed by atoms with E-state index in [1.54, 1.807) is 6.92 Å². The number of rotatable bonds is 6. The van der Waals surface area contributed by atoms with Gasteiger partial charge in [0.2, 0.25) is 0 Å². The van der Waals surface area contributed by atoms with E-state index in [0.717, 1.165) is 0 Å². The Hall–Kier alpha value is -1.67. The molecule has 0 saturated carbocycles. The Labute approximate surface area is 121 Å². The molecule has 0 aliphatic carbocycles. The van der Waals surface area contributed by atoms with Gasteiger partial charge < -0.3 is 24.1 Å². The summed E-state index contributed by atoms with van der Waals surface area (Å²) in [5, 5.41) is 8.51. The number of hydrogen-bond donors (Lipinski definition) is 1. The summed E-state index contributed by atoms with van der Waals surface area (Å²) in [4.78, 5) is 33.2. The van der Waals surface area contributed by atoms with Gasteiger partial charge in [-0.25, -0.2) is 0 Å². The second kappa shape index (κ2) is 6.86. The van der Waals surface area contributed by atoms with Crippen molar-refractivity contribution in [3.8, 4) is 0 Å². The van der Waals surface area contributed by atoms with Crippen LogP contribution in [0.15, 0.2) is 0 Å². The van der Waals surface area contributed by atoms with Gasteiger partial charge in [0.15, 0.2) is 12.2 Å². The third-order valence-corrected chi connectivity index (χ3v) is 3.36. The lowest BCUT2D eigenvalue weighted by atomic mass is 10.1. The van der Waals surface area contributed by atoms with Crippen LogP contribution in [0.5, 0.6) is 0 Å². The predicted octanol–water partition coefficient (Wildman–Crippen LogP) is -0.118. The summed E-state index contributed by atoms with van der Waals surface area (Å²) in [6, 6.07) is 0. The number of hydrogen-bond acceptors (Lipinski definition) is 7. The quantitative estimate of drug-likeness (QED) is 0.677. The second-order valence-electron chi connectivity index (χ2n) is 4.90. The molecule has 0 radical (unpaired) electrons. The highest BCUT2D eigenvalue weighted by molar-refractivity contribution is 5.76. The van der Waals surface area contributed by atoms with Crippen LogP contribution in [0.2, 0.25) is 0 Å². The van der Waals surface area contributed by atoms with Crippen molar-refractivity contribution >= 4 is 17.9 Å². The first-order chi connectivity index (χ1) is 10.0. The molecular weight excluding hydrogens is 284 g/mol. The van der Waals surface area contributed by atoms with Crippen LogP contribution in [-0.2, 0) is 33.3 Å². The molecule has 2 aliphatic rings. The monoisotopic (exact) mass is 302 g/mol. The highest BCUT2D eigenvalue weighted by atomic mass is 16.7. The molecule has 2 saturated heterocycles. The molecule has 2 aliphatic heterocycles. The molecule has 1 N–H and O–H groups in total. The zero-order valence-corrected chi connectivity index (χ0v) is 11.6. The van der Waals surface area contributed by atoms with Gasteiger partial charge in [-0.15, -0.1) is 0 Å². The topological polar surface area (TPSA) is 108 Å². The Morgan fingerprint density at radius 2 is 1.52 bits per heavy atom. The highest BCUT2D eigenvalue weighted by Crippen LogP contribution is 2.30. The summed E-state index contributed by atoms with van der Waals surface area (Å²) in [6.45, 7) is 2.04. The van der Waals surface area contributed by atoms with Gasteiger partial charge in [-0.3, -0.25) is 14.4 Å². The maximum absolute atomic E-state index is 11.5. The van der Waals surface area contributed by atoms with E-state index in [0.29, 0.717) is 0 Å². The molecule has 2 heterocycles. The summed E-state index contributed by atoms with van der Waals surface area (Å²) >= 11 is 0. The summed E-state index contributed by atoms with van der Waals surface area (Å²) in [5.74, 6) is -2.00. The fraction of sp³-hybridized carbons (Fsp3) is 0.769. The molecule has 8 nitrogen and oxygen atoms in total. The molecule has 0 unspecified atom stereocenters. The fourth-order valence-electron chi connectivity index (χ4n) is 2.32. The lowest BCUT2D eigenvalue weighted by Crippen LogP contribution is -2.35. The lowest BCUT2D eigenvalue weighted by molar-refractivity contribution is -0.156. The molecule has 0 aromatic heterocycles. The first-order valence-electron chi connectivity index (χ1n) is 6.85. The largest absolute Gasteiger partial charge is 0.481 e. The first kappa shape index (κ1) is 15.7. The van der Waals surface area contributed by atoms with E-state index < -0.39 is 36.4 Å². The molecule has 0 bridgehead atoms. The Balaban J connectivity index is 1.82. The Morgan fingerprint density at radius 1 is 1.00 bits per heavy atom. The summed E-state index contributed by atoms with van der Waals surface area (Å²) in [7, 11) is 0. The van der Waals surface area contributed by atoms with Crippen LogP contribution in [0.4, 0.5) is 0 Å². The number of carbonyl (C=O) groups is 3. The number of esters is 2. The number of carbonyl (C=O) groups excluding carboxylic acids is 2. The van der Waals surface area contributed by atoms with Gasteiger partial charge in [-0.2, -0.15) is 0 Å². The molecule has 0 aromatic carbocycles. The van der Waals surface area contributed by atoms with Crippen molar-refractivity contribution in [1.29, 1.82) is 0 Å². The van der Waals surface area contributed by atoms with Crippen molar-refractivity contribution in [1.82, 2.24) is 0 Å². The van der Waals surface area contributed by atoms with E-state index in [1.165, 1.54) is 0 Å². The molecule has 118 valence electrons. The zero-order chi connectivity index (χ0) is 15.4. The fourth-order valence-corrected chi connectivity index (χ4v) is 2.32. The molecule has 2 rings (SSSR count). The minimum atomic E-state index is -1.06. The maximum Gasteiger partial charge on any atom is 0.306 e. The van der Waals surface area contributed by atoms with Gasteiger partial charge in [-0.05, 0) is 0 Å². The average Bonchev–Trinajstić information content (AvgIpc) is 3.01. The normalized spacial score (nSPS) is 30.7. The van der Waals surface area contributed by atoms with E-state index in [1.807, 2.05) is 0 Å². The molecule has 4 atom stereocenters. The predicted molar refractivity (Wildman–Crippen MR) is 66.4 cm³/mol. The average molecular weight is 302 g/mol. The summed E-state index contributed by atoms with van der Waals surface area (Å²) < 4.78 is 21.3. The van der Waals surface area contributed by atoms with E-state index in [4.69, 9.17) is 24.1 Å². The SMILES string of the molecule is CCC(=O)O[C@@H]1CO[C@H]2[C@@H]1OC[C@@H]2OC(=O)CCC(=O)O. The van der Waals surface area contributed by atoms with E-state index in [9.17, 15) is 14.4 Å². The van der Waals surface area contributed by atoms with Gasteiger partial charge in [0, 0.05) is 6.42 Å². The van der Waals surface area contributed by atoms with Crippen molar-refractivity contribution in [3.63, 3.8) is 0 Å². The number of carboxylic acids is 1. The van der Waals surface area contributed by atoms with Crippen LogP contribution in [0, 0.1) is 0 Å². The smallest absolute Gasteiger partial charge is 0.306 e. The van der Waals surface area contributed by atoms with Crippen molar-refractivity contribution in [2.75, 3.05) is 13.2 Å². The number of ether oxygens (including phenoxy) is 4. The molecule has 21 heavy (non-hydrogen) atoms. The molecule has 2 fully saturated rings. The number of carboxylic acid groups (broad SMARTS) is 1. The van der Waals surface area contributed by atoms with Gasteiger partial charge in [0.1, 0.15) is 12.2 Å². The van der Waals surface area contributed by atoms with E-state index >= 15 is 0 Å². The van der Waals surface area contributed by atoms with Gasteiger partial charge in [0.05, 0.1) is 26.1 Å². The third-order valence-electron chi connectivity index (χ3n) is 3.36. The third kappa shape index (κ3) is 3.92. The minimum absolute atomic E-state index is 0.147. The Kier molecular flexibility index (Phi) is 5.13. The highest BCUT2D eigenvalue weighted by Gasteiger charge is 2.51. The minimum Gasteiger partial charge on any atom is -0.481 e. The van der Waals surface area contributed by atoms with Crippen LogP contribution in [0.25, 0.3) is 0 Å². The Bertz CT molecular complexity index is 420. The van der Waals surface area contributed by atoms with Crippen LogP contribution < -0.4 is 0 Å². The Morgan fingerprint density at radius 3 is 2.00 bits per heavy atom. The second-order valence-corrected chi connectivity index (χ2v) is 4.90. The van der Waals surface area contributed by atoms with Crippen molar-refractivity contribution in [2.24, 2.45) is 0 Å². The van der Waals surface area contributed by atoms with E-state index in [-0.39, 0.29) is 38.4 Å². The van der Waals surface area contributed by atoms with Crippen molar-refractivity contribution in [2.45, 2.75) is 50.6 Å². The van der Waals surface area contributed by atoms with Gasteiger partial charge in [0.25, 0.3) is 0 Å². The lowest BCUT2D eigenvalue weighted by Gasteiger charge is -2.17. The van der Waals surface area contributed by atoms with Gasteiger partial charge >= 0.3 is 17.9 Å². The molecule has 0 aromatic rings. The maximum atomic E-state index is 11.5. The van der Waals surface area contributed by atoms with Crippen LogP contribution in [0.1, 0.15) is 26.2 Å². The van der Waals surface area contributed by atoms with Crippen LogP contribution in [0.3, 0.4) is 0 Å². The van der Waals surface area contributed by atoms with Crippen molar-refractivity contribution in [3.05, 3.63) is 0 Å². The van der Waals surface area contributed by atoms with Crippen LogP contribution >= 0.6 is 0 Å². The number of fused-ring (bicyclic) bond motifs is 1. The summed E-state index contributed by atoms with van der Waals surface area (Å²) in [6.07, 6.45) is -2.23. The molecule has 8 heteroatoms. The first-order valence-corrected chi connectivity index (χ1v) is 6.85. The molecule has 0 spiro atoms. The van der Waals surface area contributed by atoms with Crippen molar-refractivity contribution < 1.29 is 38.4 Å². The standard InChI is InChI=1S/C13H18O8/c1-2-10(16)20-7-5-18-13-8(6-19-12(7)13)21-11(17)4-3-9(14)15/h7-8,12-13H,2-6H2,1H3,(H,14,15)/t7-,8+,12-,13-/m1/s1. The molecular formula is C13H18O8. The molecule has 0 amide bonds. The van der Waals surface area contributed by atoms with Crippen LogP contribution in [-0.4, -0.2) is 60.6 Å². The van der Waals surface area contributed by atoms with Gasteiger partial charge in [-0.1, -0.05) is 6.92 Å². The summed E-state index contributed by atoms with van der Waals surface area (Å²) in [5.41, 5.74) is 0. The van der Waals surface area contributed by atoms with E-state index in [2.05, 4.69) is 0 Å². The zero-order valence-electron chi connectivity index (χ0n) is 11.6.